The highest BCUT2D eigenvalue weighted by atomic mass is 79.9. The van der Waals surface area contributed by atoms with E-state index in [1.165, 1.54) is 5.56 Å². The van der Waals surface area contributed by atoms with Gasteiger partial charge in [-0.05, 0) is 30.5 Å². The molecule has 0 spiro atoms. The molecule has 0 saturated carbocycles. The van der Waals surface area contributed by atoms with Gasteiger partial charge in [0.1, 0.15) is 0 Å². The number of nitrogens with one attached hydrogen (secondary N) is 1. The van der Waals surface area contributed by atoms with Gasteiger partial charge in [0.15, 0.2) is 5.16 Å². The van der Waals surface area contributed by atoms with Gasteiger partial charge in [-0.25, -0.2) is 9.89 Å². The van der Waals surface area contributed by atoms with E-state index in [1.807, 2.05) is 12.1 Å². The molecule has 2 heterocycles. The van der Waals surface area contributed by atoms with E-state index in [4.69, 9.17) is 4.74 Å². The lowest BCUT2D eigenvalue weighted by molar-refractivity contribution is 0.0941. The van der Waals surface area contributed by atoms with Crippen LogP contribution in [-0.2, 0) is 17.0 Å². The van der Waals surface area contributed by atoms with Crippen LogP contribution in [0.4, 0.5) is 0 Å². The van der Waals surface area contributed by atoms with Gasteiger partial charge in [0.05, 0.1) is 12.6 Å². The van der Waals surface area contributed by atoms with Crippen molar-refractivity contribution < 1.29 is 4.74 Å². The monoisotopic (exact) mass is 369 g/mol. The van der Waals surface area contributed by atoms with E-state index in [-0.39, 0.29) is 11.8 Å². The molecular formula is C14H16BrN3O2S. The topological polar surface area (TPSA) is 59.9 Å². The molecule has 1 atom stereocenters. The molecule has 112 valence electrons. The molecule has 7 heteroatoms. The van der Waals surface area contributed by atoms with Crippen LogP contribution < -0.4 is 5.69 Å². The van der Waals surface area contributed by atoms with Gasteiger partial charge in [-0.1, -0.05) is 39.8 Å². The quantitative estimate of drug-likeness (QED) is 0.823. The molecule has 1 aliphatic rings. The third kappa shape index (κ3) is 3.78. The van der Waals surface area contributed by atoms with Crippen LogP contribution in [0.1, 0.15) is 18.4 Å². The van der Waals surface area contributed by atoms with Crippen LogP contribution in [0.5, 0.6) is 0 Å². The van der Waals surface area contributed by atoms with E-state index in [0.717, 1.165) is 34.8 Å². The molecule has 3 rings (SSSR count). The van der Waals surface area contributed by atoms with Gasteiger partial charge in [0.25, 0.3) is 0 Å². The average Bonchev–Trinajstić information content (AvgIpc) is 3.11. The number of thioether (sulfide) groups is 1. The maximum absolute atomic E-state index is 11.9. The first-order valence-electron chi connectivity index (χ1n) is 6.86. The van der Waals surface area contributed by atoms with Crippen LogP contribution in [0.3, 0.4) is 0 Å². The molecular weight excluding hydrogens is 354 g/mol. The Morgan fingerprint density at radius 1 is 1.43 bits per heavy atom. The molecule has 1 saturated heterocycles. The molecule has 0 bridgehead atoms. The first-order valence-corrected chi connectivity index (χ1v) is 8.64. The zero-order chi connectivity index (χ0) is 14.7. The lowest BCUT2D eigenvalue weighted by Gasteiger charge is -2.11. The summed E-state index contributed by atoms with van der Waals surface area (Å²) in [4.78, 5) is 11.9. The number of ether oxygens (including phenoxy) is 1. The molecule has 5 nitrogen and oxygen atoms in total. The highest BCUT2D eigenvalue weighted by molar-refractivity contribution is 9.10. The van der Waals surface area contributed by atoms with E-state index >= 15 is 0 Å². The predicted octanol–water partition coefficient (Wildman–Crippen LogP) is 2.81. The fourth-order valence-electron chi connectivity index (χ4n) is 2.29. The van der Waals surface area contributed by atoms with Crippen LogP contribution in [0, 0.1) is 0 Å². The van der Waals surface area contributed by atoms with E-state index in [2.05, 4.69) is 38.3 Å². The Labute approximate surface area is 135 Å². The highest BCUT2D eigenvalue weighted by Gasteiger charge is 2.19. The van der Waals surface area contributed by atoms with Crippen molar-refractivity contribution >= 4 is 27.7 Å². The van der Waals surface area contributed by atoms with Crippen LogP contribution in [0.2, 0.25) is 0 Å². The molecule has 0 aliphatic carbocycles. The van der Waals surface area contributed by atoms with Crippen LogP contribution in [0.15, 0.2) is 38.7 Å². The van der Waals surface area contributed by atoms with E-state index in [1.54, 1.807) is 16.3 Å². The zero-order valence-electron chi connectivity index (χ0n) is 11.4. The second-order valence-corrected chi connectivity index (χ2v) is 6.83. The van der Waals surface area contributed by atoms with Gasteiger partial charge in [0.2, 0.25) is 0 Å². The molecule has 1 aromatic heterocycles. The fraction of sp³-hybridized carbons (Fsp3) is 0.429. The van der Waals surface area contributed by atoms with Gasteiger partial charge >= 0.3 is 5.69 Å². The Kier molecular flexibility index (Phi) is 4.82. The highest BCUT2D eigenvalue weighted by Crippen LogP contribution is 2.22. The third-order valence-electron chi connectivity index (χ3n) is 3.41. The van der Waals surface area contributed by atoms with Crippen molar-refractivity contribution in [3.63, 3.8) is 0 Å². The number of nitrogens with zero attached hydrogens (tertiary/aromatic N) is 2. The Morgan fingerprint density at radius 3 is 2.95 bits per heavy atom. The number of rotatable bonds is 5. The Bertz CT molecular complexity index is 647. The summed E-state index contributed by atoms with van der Waals surface area (Å²) in [5, 5.41) is 7.36. The lowest BCUT2D eigenvalue weighted by Crippen LogP contribution is -2.24. The SMILES string of the molecule is O=c1[nH]nc(SCc2ccc(Br)cc2)n1C[C@H]1CCCO1. The zero-order valence-corrected chi connectivity index (χ0v) is 13.8. The van der Waals surface area contributed by atoms with E-state index in [9.17, 15) is 4.79 Å². The maximum atomic E-state index is 11.9. The Balaban J connectivity index is 1.67. The van der Waals surface area contributed by atoms with Crippen LogP contribution in [0.25, 0.3) is 0 Å². The van der Waals surface area contributed by atoms with E-state index in [0.29, 0.717) is 6.54 Å². The summed E-state index contributed by atoms with van der Waals surface area (Å²) >= 11 is 4.98. The van der Waals surface area contributed by atoms with Crippen molar-refractivity contribution in [2.24, 2.45) is 0 Å². The molecule has 1 aromatic carbocycles. The van der Waals surface area contributed by atoms with Crippen molar-refractivity contribution in [3.05, 3.63) is 44.8 Å². The van der Waals surface area contributed by atoms with Crippen molar-refractivity contribution in [1.82, 2.24) is 14.8 Å². The van der Waals surface area contributed by atoms with Crippen molar-refractivity contribution in [2.75, 3.05) is 6.61 Å². The molecule has 0 unspecified atom stereocenters. The predicted molar refractivity (Wildman–Crippen MR) is 85.5 cm³/mol. The Morgan fingerprint density at radius 2 is 2.24 bits per heavy atom. The molecule has 0 amide bonds. The smallest absolute Gasteiger partial charge is 0.344 e. The summed E-state index contributed by atoms with van der Waals surface area (Å²) in [7, 11) is 0. The number of H-pyrrole nitrogens is 1. The fourth-order valence-corrected chi connectivity index (χ4v) is 3.47. The first kappa shape index (κ1) is 14.9. The summed E-state index contributed by atoms with van der Waals surface area (Å²) in [6, 6.07) is 8.15. The largest absolute Gasteiger partial charge is 0.376 e. The number of hydrogen-bond acceptors (Lipinski definition) is 4. The molecule has 1 fully saturated rings. The molecule has 1 N–H and O–H groups in total. The molecule has 21 heavy (non-hydrogen) atoms. The first-order chi connectivity index (χ1) is 10.2. The molecule has 1 aliphatic heterocycles. The average molecular weight is 370 g/mol. The normalized spacial score (nSPS) is 18.2. The minimum atomic E-state index is -0.163. The van der Waals surface area contributed by atoms with Crippen molar-refractivity contribution in [2.45, 2.75) is 36.4 Å². The summed E-state index contributed by atoms with van der Waals surface area (Å²) < 4.78 is 8.34. The summed E-state index contributed by atoms with van der Waals surface area (Å²) in [5.41, 5.74) is 1.03. The van der Waals surface area contributed by atoms with Crippen molar-refractivity contribution in [1.29, 1.82) is 0 Å². The molecule has 0 radical (unpaired) electrons. The van der Waals surface area contributed by atoms with Crippen LogP contribution in [-0.4, -0.2) is 27.5 Å². The number of aromatic nitrogens is 3. The van der Waals surface area contributed by atoms with Crippen molar-refractivity contribution in [3.8, 4) is 0 Å². The number of halogens is 1. The minimum Gasteiger partial charge on any atom is -0.376 e. The van der Waals surface area contributed by atoms with E-state index < -0.39 is 0 Å². The number of hydrogen-bond donors (Lipinski definition) is 1. The third-order valence-corrected chi connectivity index (χ3v) is 4.99. The number of benzene rings is 1. The maximum Gasteiger partial charge on any atom is 0.344 e. The molecule has 2 aromatic rings. The van der Waals surface area contributed by atoms with Gasteiger partial charge in [-0.15, -0.1) is 5.10 Å². The second-order valence-electron chi connectivity index (χ2n) is 4.97. The summed E-state index contributed by atoms with van der Waals surface area (Å²) in [6.07, 6.45) is 2.21. The second kappa shape index (κ2) is 6.81. The number of aromatic amines is 1. The summed E-state index contributed by atoms with van der Waals surface area (Å²) in [5.74, 6) is 0.781. The minimum absolute atomic E-state index is 0.132. The van der Waals surface area contributed by atoms with Gasteiger partial charge in [-0.3, -0.25) is 4.57 Å². The van der Waals surface area contributed by atoms with Gasteiger partial charge in [-0.2, -0.15) is 0 Å². The summed E-state index contributed by atoms with van der Waals surface area (Å²) in [6.45, 7) is 1.37. The van der Waals surface area contributed by atoms with Gasteiger partial charge in [0, 0.05) is 16.8 Å². The Hall–Kier alpha value is -1.05. The van der Waals surface area contributed by atoms with Gasteiger partial charge < -0.3 is 4.74 Å². The standard InChI is InChI=1S/C14H16BrN3O2S/c15-11-5-3-10(4-6-11)9-21-14-17-16-13(19)18(14)8-12-2-1-7-20-12/h3-6,12H,1-2,7-9H2,(H,16,19)/t12-/m1/s1. The van der Waals surface area contributed by atoms with Crippen LogP contribution >= 0.6 is 27.7 Å². The lowest BCUT2D eigenvalue weighted by atomic mass is 10.2.